The molecule has 0 aromatic heterocycles. The topological polar surface area (TPSA) is 108 Å². The predicted molar refractivity (Wildman–Crippen MR) is 134 cm³/mol. The number of amides is 2. The number of likely N-dealkylation sites (tertiary alicyclic amines) is 1. The third kappa shape index (κ3) is 7.17. The Hall–Kier alpha value is -2.16. The summed E-state index contributed by atoms with van der Waals surface area (Å²) in [5, 5.41) is 13.6. The lowest BCUT2D eigenvalue weighted by atomic mass is 9.80. The molecule has 1 saturated heterocycles. The highest BCUT2D eigenvalue weighted by Crippen LogP contribution is 2.33. The van der Waals surface area contributed by atoms with E-state index in [1.807, 2.05) is 38.1 Å². The van der Waals surface area contributed by atoms with Gasteiger partial charge in [0.05, 0.1) is 19.3 Å². The van der Waals surface area contributed by atoms with Crippen LogP contribution in [0.15, 0.2) is 24.3 Å². The van der Waals surface area contributed by atoms with Crippen LogP contribution in [0.25, 0.3) is 0 Å². The second-order valence-corrected chi connectivity index (χ2v) is 10.9. The maximum absolute atomic E-state index is 13.4. The van der Waals surface area contributed by atoms with Crippen molar-refractivity contribution < 1.29 is 19.4 Å². The summed E-state index contributed by atoms with van der Waals surface area (Å²) < 4.78 is 4.75. The third-order valence-electron chi connectivity index (χ3n) is 7.19. The number of alkyl carbamates (subject to hydrolysis) is 1. The smallest absolute Gasteiger partial charge is 0.407 e. The zero-order valence-electron chi connectivity index (χ0n) is 21.1. The number of carbonyl (C=O) groups excluding carboxylic acids is 2. The summed E-state index contributed by atoms with van der Waals surface area (Å²) in [5.41, 5.74) is 7.93. The number of nitrogens with one attached hydrogen (secondary N) is 1. The molecular formula is C26H42N4O4. The Morgan fingerprint density at radius 1 is 1.26 bits per heavy atom. The van der Waals surface area contributed by atoms with Crippen molar-refractivity contribution in [1.82, 2.24) is 10.2 Å². The number of methoxy groups -OCH3 is 1. The second kappa shape index (κ2) is 11.5. The number of anilines is 1. The van der Waals surface area contributed by atoms with Gasteiger partial charge in [-0.3, -0.25) is 4.79 Å². The molecule has 1 fully saturated rings. The molecule has 1 aromatic rings. The van der Waals surface area contributed by atoms with Gasteiger partial charge in [0.25, 0.3) is 0 Å². The van der Waals surface area contributed by atoms with Crippen LogP contribution < -0.4 is 16.0 Å². The summed E-state index contributed by atoms with van der Waals surface area (Å²) in [4.78, 5) is 29.3. The van der Waals surface area contributed by atoms with Crippen LogP contribution >= 0.6 is 0 Å². The first-order valence-electron chi connectivity index (χ1n) is 12.5. The number of nitrogens with zero attached hydrogens (tertiary/aromatic N) is 2. The Balaban J connectivity index is 1.60. The summed E-state index contributed by atoms with van der Waals surface area (Å²) in [5.74, 6) is 0.731. The lowest BCUT2D eigenvalue weighted by molar-refractivity contribution is -0.120. The number of aliphatic hydroxyl groups excluding tert-OH is 1. The molecule has 2 aliphatic rings. The molecule has 1 unspecified atom stereocenters. The van der Waals surface area contributed by atoms with Gasteiger partial charge in [-0.2, -0.15) is 0 Å². The van der Waals surface area contributed by atoms with Gasteiger partial charge in [-0.05, 0) is 61.7 Å². The predicted octanol–water partition coefficient (Wildman–Crippen LogP) is 2.53. The van der Waals surface area contributed by atoms with Crippen molar-refractivity contribution in [3.8, 4) is 0 Å². The van der Waals surface area contributed by atoms with E-state index >= 15 is 0 Å². The zero-order chi connectivity index (χ0) is 24.9. The molecule has 2 amide bonds. The van der Waals surface area contributed by atoms with E-state index in [1.165, 1.54) is 7.11 Å². The molecule has 0 radical (unpaired) electrons. The van der Waals surface area contributed by atoms with Crippen LogP contribution in [0.4, 0.5) is 10.5 Å². The molecule has 34 heavy (non-hydrogen) atoms. The fourth-order valence-electron chi connectivity index (χ4n) is 5.15. The normalized spacial score (nSPS) is 21.5. The van der Waals surface area contributed by atoms with E-state index in [1.54, 1.807) is 4.90 Å². The maximum atomic E-state index is 13.4. The van der Waals surface area contributed by atoms with Crippen molar-refractivity contribution in [1.29, 1.82) is 0 Å². The minimum absolute atomic E-state index is 0.0134. The van der Waals surface area contributed by atoms with Gasteiger partial charge < -0.3 is 30.7 Å². The molecule has 2 aliphatic heterocycles. The fraction of sp³-hybridized carbons (Fsp3) is 0.692. The number of hydrogen-bond donors (Lipinski definition) is 3. The van der Waals surface area contributed by atoms with E-state index in [4.69, 9.17) is 10.5 Å². The molecule has 4 N–H and O–H groups in total. The average molecular weight is 475 g/mol. The Bertz CT molecular complexity index is 838. The first kappa shape index (κ1) is 26.4. The highest BCUT2D eigenvalue weighted by molar-refractivity contribution is 5.95. The van der Waals surface area contributed by atoms with E-state index in [0.717, 1.165) is 43.1 Å². The van der Waals surface area contributed by atoms with Crippen molar-refractivity contribution in [2.24, 2.45) is 17.1 Å². The van der Waals surface area contributed by atoms with Gasteiger partial charge in [0.15, 0.2) is 0 Å². The van der Waals surface area contributed by atoms with E-state index in [2.05, 4.69) is 17.1 Å². The highest BCUT2D eigenvalue weighted by atomic mass is 16.5. The summed E-state index contributed by atoms with van der Waals surface area (Å²) >= 11 is 0. The first-order chi connectivity index (χ1) is 16.1. The van der Waals surface area contributed by atoms with Gasteiger partial charge in [-0.25, -0.2) is 4.79 Å². The van der Waals surface area contributed by atoms with Crippen LogP contribution in [-0.4, -0.2) is 73.5 Å². The number of rotatable bonds is 8. The third-order valence-corrected chi connectivity index (χ3v) is 7.19. The number of aliphatic hydroxyl groups is 1. The number of nitrogens with two attached hydrogens (primary N) is 1. The summed E-state index contributed by atoms with van der Waals surface area (Å²) in [7, 11) is 1.33. The SMILES string of the molecule is COC(=O)NC1Cc2ccccc2N(C(=O)CC(C)(C)C[C@H](N)[C@@H](O)CN2CCC(C)CC2)C1. The molecular weight excluding hydrogens is 432 g/mol. The van der Waals surface area contributed by atoms with Gasteiger partial charge in [0.2, 0.25) is 5.91 Å². The Labute approximate surface area is 203 Å². The number of ether oxygens (including phenoxy) is 1. The molecule has 0 bridgehead atoms. The molecule has 0 spiro atoms. The van der Waals surface area contributed by atoms with E-state index in [0.29, 0.717) is 32.4 Å². The zero-order valence-corrected chi connectivity index (χ0v) is 21.1. The van der Waals surface area contributed by atoms with E-state index in [-0.39, 0.29) is 17.4 Å². The molecule has 190 valence electrons. The minimum atomic E-state index is -0.618. The van der Waals surface area contributed by atoms with Gasteiger partial charge in [-0.15, -0.1) is 0 Å². The Morgan fingerprint density at radius 3 is 2.62 bits per heavy atom. The molecule has 2 heterocycles. The average Bonchev–Trinajstić information content (AvgIpc) is 2.79. The van der Waals surface area contributed by atoms with Gasteiger partial charge in [-0.1, -0.05) is 39.0 Å². The lowest BCUT2D eigenvalue weighted by Gasteiger charge is -2.38. The van der Waals surface area contributed by atoms with Crippen LogP contribution in [0.5, 0.6) is 0 Å². The lowest BCUT2D eigenvalue weighted by Crippen LogP contribution is -2.51. The highest BCUT2D eigenvalue weighted by Gasteiger charge is 2.34. The van der Waals surface area contributed by atoms with Crippen molar-refractivity contribution >= 4 is 17.7 Å². The van der Waals surface area contributed by atoms with Crippen LogP contribution in [0.3, 0.4) is 0 Å². The Kier molecular flexibility index (Phi) is 8.95. The quantitative estimate of drug-likeness (QED) is 0.534. The number of piperidine rings is 1. The van der Waals surface area contributed by atoms with Gasteiger partial charge in [0, 0.05) is 31.2 Å². The van der Waals surface area contributed by atoms with Crippen molar-refractivity contribution in [3.63, 3.8) is 0 Å². The molecule has 0 aliphatic carbocycles. The van der Waals surface area contributed by atoms with Crippen LogP contribution in [-0.2, 0) is 16.0 Å². The maximum Gasteiger partial charge on any atom is 0.407 e. The van der Waals surface area contributed by atoms with Gasteiger partial charge >= 0.3 is 6.09 Å². The standard InChI is InChI=1S/C26H42N4O4/c1-18-9-11-29(12-10-18)17-23(31)21(27)14-26(2,3)15-24(32)30-16-20(28-25(33)34-4)13-19-7-5-6-8-22(19)30/h5-8,18,20-21,23,31H,9-17,27H2,1-4H3,(H,28,33)/t20?,21-,23-/m0/s1. The molecule has 8 heteroatoms. The number of para-hydroxylation sites is 1. The fourth-order valence-corrected chi connectivity index (χ4v) is 5.15. The number of fused-ring (bicyclic) bond motifs is 1. The van der Waals surface area contributed by atoms with Gasteiger partial charge in [0.1, 0.15) is 0 Å². The molecule has 8 nitrogen and oxygen atoms in total. The number of benzene rings is 1. The monoisotopic (exact) mass is 474 g/mol. The van der Waals surface area contributed by atoms with Crippen molar-refractivity contribution in [2.75, 3.05) is 38.2 Å². The summed E-state index contributed by atoms with van der Waals surface area (Å²) in [6.45, 7) is 9.30. The number of carbonyl (C=O) groups is 2. The molecule has 0 saturated carbocycles. The van der Waals surface area contributed by atoms with E-state index in [9.17, 15) is 14.7 Å². The van der Waals surface area contributed by atoms with Crippen LogP contribution in [0.2, 0.25) is 0 Å². The Morgan fingerprint density at radius 2 is 1.94 bits per heavy atom. The number of β-amino-alcohol motifs (C(OH)–C–C–N with tert-alkyl or cyclic N) is 1. The van der Waals surface area contributed by atoms with Crippen LogP contribution in [0, 0.1) is 11.3 Å². The second-order valence-electron chi connectivity index (χ2n) is 10.9. The largest absolute Gasteiger partial charge is 0.453 e. The summed E-state index contributed by atoms with van der Waals surface area (Å²) in [6, 6.07) is 7.18. The molecule has 3 rings (SSSR count). The van der Waals surface area contributed by atoms with E-state index < -0.39 is 18.2 Å². The number of hydrogen-bond acceptors (Lipinski definition) is 6. The van der Waals surface area contributed by atoms with Crippen molar-refractivity contribution in [3.05, 3.63) is 29.8 Å². The summed E-state index contributed by atoms with van der Waals surface area (Å²) in [6.07, 6.45) is 2.69. The molecule has 1 aromatic carbocycles. The first-order valence-corrected chi connectivity index (χ1v) is 12.5. The molecule has 3 atom stereocenters. The van der Waals surface area contributed by atoms with Crippen molar-refractivity contribution in [2.45, 2.75) is 71.1 Å². The van der Waals surface area contributed by atoms with Crippen LogP contribution in [0.1, 0.15) is 52.0 Å². The minimum Gasteiger partial charge on any atom is -0.453 e.